The first-order valence-corrected chi connectivity index (χ1v) is 5.39. The van der Waals surface area contributed by atoms with Crippen LogP contribution in [0.15, 0.2) is 12.1 Å². The number of nitrogens with two attached hydrogens (primary N) is 1. The highest BCUT2D eigenvalue weighted by atomic mass is 16.5. The lowest BCUT2D eigenvalue weighted by atomic mass is 9.93. The van der Waals surface area contributed by atoms with E-state index in [0.29, 0.717) is 12.1 Å². The lowest BCUT2D eigenvalue weighted by Gasteiger charge is -2.17. The molecule has 0 aromatic heterocycles. The van der Waals surface area contributed by atoms with Gasteiger partial charge in [-0.15, -0.1) is 0 Å². The Hall–Kier alpha value is -1.75. The quantitative estimate of drug-likeness (QED) is 0.729. The molecule has 0 atom stereocenters. The summed E-state index contributed by atoms with van der Waals surface area (Å²) in [5, 5.41) is 19.0. The van der Waals surface area contributed by atoms with E-state index in [4.69, 9.17) is 15.6 Å². The summed E-state index contributed by atoms with van der Waals surface area (Å²) in [5.41, 5.74) is 6.10. The van der Waals surface area contributed by atoms with Crippen molar-refractivity contribution in [2.45, 2.75) is 18.3 Å². The van der Waals surface area contributed by atoms with E-state index < -0.39 is 5.97 Å². The average molecular weight is 237 g/mol. The molecular weight excluding hydrogens is 222 g/mol. The Balaban J connectivity index is 2.57. The van der Waals surface area contributed by atoms with Crippen LogP contribution in [0, 0.1) is 0 Å². The summed E-state index contributed by atoms with van der Waals surface area (Å²) in [6.45, 7) is 0.396. The molecule has 0 bridgehead atoms. The molecule has 0 spiro atoms. The largest absolute Gasteiger partial charge is 0.504 e. The molecule has 1 aliphatic rings. The van der Waals surface area contributed by atoms with E-state index in [0.717, 1.165) is 12.8 Å². The second-order valence-corrected chi connectivity index (χ2v) is 4.36. The molecule has 5 nitrogen and oxygen atoms in total. The summed E-state index contributed by atoms with van der Waals surface area (Å²) in [7, 11) is 1.40. The lowest BCUT2D eigenvalue weighted by molar-refractivity contribution is 0.0696. The van der Waals surface area contributed by atoms with Gasteiger partial charge in [-0.2, -0.15) is 0 Å². The number of ether oxygens (including phenoxy) is 1. The van der Waals surface area contributed by atoms with Gasteiger partial charge in [0.05, 0.1) is 12.7 Å². The van der Waals surface area contributed by atoms with Gasteiger partial charge in [-0.25, -0.2) is 4.79 Å². The molecule has 0 aliphatic heterocycles. The molecule has 1 aromatic rings. The van der Waals surface area contributed by atoms with Crippen molar-refractivity contribution >= 4 is 5.97 Å². The van der Waals surface area contributed by atoms with Crippen molar-refractivity contribution in [1.82, 2.24) is 0 Å². The molecule has 0 amide bonds. The van der Waals surface area contributed by atoms with E-state index >= 15 is 0 Å². The normalized spacial score (nSPS) is 16.6. The summed E-state index contributed by atoms with van der Waals surface area (Å²) in [4.78, 5) is 11.0. The Morgan fingerprint density at radius 2 is 2.18 bits per heavy atom. The standard InChI is InChI=1S/C12H15NO4/c1-17-9-5-7(11(15)16)4-8(10(9)14)12(6-13)2-3-12/h4-5,14H,2-3,6,13H2,1H3,(H,15,16). The van der Waals surface area contributed by atoms with Gasteiger partial charge in [0.25, 0.3) is 0 Å². The molecule has 1 saturated carbocycles. The number of phenolic OH excluding ortho intramolecular Hbond substituents is 1. The molecule has 17 heavy (non-hydrogen) atoms. The number of aromatic carboxylic acids is 1. The third kappa shape index (κ3) is 1.82. The molecule has 1 fully saturated rings. The van der Waals surface area contributed by atoms with Crippen molar-refractivity contribution in [3.8, 4) is 11.5 Å². The van der Waals surface area contributed by atoms with Crippen molar-refractivity contribution in [1.29, 1.82) is 0 Å². The Morgan fingerprint density at radius 3 is 2.59 bits per heavy atom. The van der Waals surface area contributed by atoms with Crippen LogP contribution in [0.5, 0.6) is 11.5 Å². The zero-order valence-corrected chi connectivity index (χ0v) is 9.56. The van der Waals surface area contributed by atoms with Gasteiger partial charge in [0.2, 0.25) is 0 Å². The number of rotatable bonds is 4. The number of carbonyl (C=O) groups is 1. The SMILES string of the molecule is COc1cc(C(=O)O)cc(C2(CN)CC2)c1O. The first-order valence-electron chi connectivity index (χ1n) is 5.39. The molecule has 4 N–H and O–H groups in total. The van der Waals surface area contributed by atoms with Gasteiger partial charge in [0.15, 0.2) is 11.5 Å². The molecule has 0 heterocycles. The van der Waals surface area contributed by atoms with Gasteiger partial charge in [0, 0.05) is 17.5 Å². The fourth-order valence-corrected chi connectivity index (χ4v) is 2.03. The third-order valence-electron chi connectivity index (χ3n) is 3.36. The molecule has 0 saturated heterocycles. The predicted molar refractivity (Wildman–Crippen MR) is 61.6 cm³/mol. The summed E-state index contributed by atoms with van der Waals surface area (Å²) in [6.07, 6.45) is 1.73. The minimum Gasteiger partial charge on any atom is -0.504 e. The second kappa shape index (κ2) is 3.92. The number of methoxy groups -OCH3 is 1. The van der Waals surface area contributed by atoms with Gasteiger partial charge in [-0.1, -0.05) is 0 Å². The Morgan fingerprint density at radius 1 is 1.53 bits per heavy atom. The van der Waals surface area contributed by atoms with Crippen molar-refractivity contribution < 1.29 is 19.7 Å². The van der Waals surface area contributed by atoms with Crippen LogP contribution in [0.3, 0.4) is 0 Å². The minimum absolute atomic E-state index is 0.000417. The second-order valence-electron chi connectivity index (χ2n) is 4.36. The monoisotopic (exact) mass is 237 g/mol. The summed E-state index contributed by atoms with van der Waals surface area (Å²) < 4.78 is 4.99. The molecule has 1 aromatic carbocycles. The first-order chi connectivity index (χ1) is 8.04. The van der Waals surface area contributed by atoms with Crippen LogP contribution in [-0.4, -0.2) is 29.8 Å². The Labute approximate surface area is 98.8 Å². The van der Waals surface area contributed by atoms with Crippen molar-refractivity contribution in [2.75, 3.05) is 13.7 Å². The number of phenols is 1. The van der Waals surface area contributed by atoms with Crippen molar-refractivity contribution in [3.63, 3.8) is 0 Å². The molecule has 0 radical (unpaired) electrons. The third-order valence-corrected chi connectivity index (χ3v) is 3.36. The van der Waals surface area contributed by atoms with Crippen LogP contribution >= 0.6 is 0 Å². The minimum atomic E-state index is -1.04. The van der Waals surface area contributed by atoms with E-state index in [1.165, 1.54) is 19.2 Å². The van der Waals surface area contributed by atoms with Gasteiger partial charge < -0.3 is 20.7 Å². The maximum Gasteiger partial charge on any atom is 0.335 e. The van der Waals surface area contributed by atoms with Crippen LogP contribution in [0.2, 0.25) is 0 Å². The van der Waals surface area contributed by atoms with Crippen LogP contribution in [0.4, 0.5) is 0 Å². The fraction of sp³-hybridized carbons (Fsp3) is 0.417. The number of carboxylic acid groups (broad SMARTS) is 1. The topological polar surface area (TPSA) is 92.8 Å². The predicted octanol–water partition coefficient (Wildman–Crippen LogP) is 1.09. The first kappa shape index (κ1) is 11.7. The van der Waals surface area contributed by atoms with Crippen LogP contribution in [0.1, 0.15) is 28.8 Å². The van der Waals surface area contributed by atoms with Crippen molar-refractivity contribution in [3.05, 3.63) is 23.3 Å². The van der Waals surface area contributed by atoms with Gasteiger partial charge in [0.1, 0.15) is 0 Å². The van der Waals surface area contributed by atoms with Crippen LogP contribution in [-0.2, 0) is 5.41 Å². The zero-order chi connectivity index (χ0) is 12.6. The molecule has 2 rings (SSSR count). The van der Waals surface area contributed by atoms with E-state index in [9.17, 15) is 9.90 Å². The van der Waals surface area contributed by atoms with Crippen molar-refractivity contribution in [2.24, 2.45) is 5.73 Å². The molecular formula is C12H15NO4. The van der Waals surface area contributed by atoms with Crippen LogP contribution in [0.25, 0.3) is 0 Å². The highest BCUT2D eigenvalue weighted by Gasteiger charge is 2.45. The number of aromatic hydroxyl groups is 1. The smallest absolute Gasteiger partial charge is 0.335 e. The average Bonchev–Trinajstić information content (AvgIpc) is 3.10. The Bertz CT molecular complexity index is 466. The number of hydrogen-bond donors (Lipinski definition) is 3. The van der Waals surface area contributed by atoms with Crippen LogP contribution < -0.4 is 10.5 Å². The highest BCUT2D eigenvalue weighted by molar-refractivity contribution is 5.89. The van der Waals surface area contributed by atoms with Gasteiger partial charge in [-0.3, -0.25) is 0 Å². The molecule has 92 valence electrons. The number of benzene rings is 1. The maximum atomic E-state index is 11.0. The maximum absolute atomic E-state index is 11.0. The fourth-order valence-electron chi connectivity index (χ4n) is 2.03. The highest BCUT2D eigenvalue weighted by Crippen LogP contribution is 2.52. The summed E-state index contributed by atoms with van der Waals surface area (Å²) >= 11 is 0. The lowest BCUT2D eigenvalue weighted by Crippen LogP contribution is -2.20. The molecule has 0 unspecified atom stereocenters. The summed E-state index contributed by atoms with van der Waals surface area (Å²) in [5.74, 6) is -0.863. The number of hydrogen-bond acceptors (Lipinski definition) is 4. The Kier molecular flexibility index (Phi) is 2.71. The zero-order valence-electron chi connectivity index (χ0n) is 9.56. The van der Waals surface area contributed by atoms with E-state index in [2.05, 4.69) is 0 Å². The summed E-state index contributed by atoms with van der Waals surface area (Å²) in [6, 6.07) is 2.80. The van der Waals surface area contributed by atoms with Gasteiger partial charge >= 0.3 is 5.97 Å². The van der Waals surface area contributed by atoms with Gasteiger partial charge in [-0.05, 0) is 25.0 Å². The molecule has 5 heteroatoms. The number of carboxylic acids is 1. The van der Waals surface area contributed by atoms with E-state index in [-0.39, 0.29) is 22.5 Å². The van der Waals surface area contributed by atoms with E-state index in [1.54, 1.807) is 0 Å². The van der Waals surface area contributed by atoms with E-state index in [1.807, 2.05) is 0 Å². The molecule has 1 aliphatic carbocycles.